The minimum absolute atomic E-state index is 0.519. The lowest BCUT2D eigenvalue weighted by Crippen LogP contribution is -2.40. The number of nitrogens with one attached hydrogen (secondary N) is 1. The molecule has 0 saturated heterocycles. The molecule has 2 unspecified atom stereocenters. The monoisotopic (exact) mass is 235 g/mol. The van der Waals surface area contributed by atoms with E-state index >= 15 is 0 Å². The van der Waals surface area contributed by atoms with Crippen LogP contribution in [0.1, 0.15) is 32.9 Å². The highest BCUT2D eigenvalue weighted by molar-refractivity contribution is 5.03. The molecule has 0 spiro atoms. The normalized spacial score (nSPS) is 14.9. The average molecular weight is 235 g/mol. The number of hydrogen-bond donors (Lipinski definition) is 1. The molecule has 1 N–H and O–H groups in total. The molecule has 0 bridgehead atoms. The maximum Gasteiger partial charge on any atom is 0.0543 e. The van der Waals surface area contributed by atoms with Crippen LogP contribution < -0.4 is 5.32 Å². The average Bonchev–Trinajstić information content (AvgIpc) is 2.36. The fourth-order valence-electron chi connectivity index (χ4n) is 1.57. The van der Waals surface area contributed by atoms with Gasteiger partial charge in [-0.25, -0.2) is 0 Å². The van der Waals surface area contributed by atoms with Gasteiger partial charge < -0.3 is 5.32 Å². The van der Waals surface area contributed by atoms with Crippen LogP contribution in [0.5, 0.6) is 0 Å². The van der Waals surface area contributed by atoms with Crippen LogP contribution in [0.2, 0.25) is 0 Å². The zero-order valence-electron chi connectivity index (χ0n) is 11.5. The van der Waals surface area contributed by atoms with Gasteiger partial charge >= 0.3 is 0 Å². The van der Waals surface area contributed by atoms with E-state index in [0.29, 0.717) is 12.1 Å². The third-order valence-electron chi connectivity index (χ3n) is 3.26. The SMILES string of the molecule is CCC(C)NCC(C)N(C)Cc1ccccn1. The van der Waals surface area contributed by atoms with Crippen LogP contribution in [0, 0.1) is 0 Å². The Bertz CT molecular complexity index is 300. The van der Waals surface area contributed by atoms with Gasteiger partial charge in [0.2, 0.25) is 0 Å². The summed E-state index contributed by atoms with van der Waals surface area (Å²) in [6, 6.07) is 7.19. The maximum atomic E-state index is 4.35. The van der Waals surface area contributed by atoms with E-state index in [1.165, 1.54) is 6.42 Å². The highest BCUT2D eigenvalue weighted by Gasteiger charge is 2.10. The van der Waals surface area contributed by atoms with Crippen LogP contribution in [-0.4, -0.2) is 35.6 Å². The first-order chi connectivity index (χ1) is 8.13. The Hall–Kier alpha value is -0.930. The Balaban J connectivity index is 2.34. The Morgan fingerprint density at radius 1 is 1.35 bits per heavy atom. The molecular formula is C14H25N3. The van der Waals surface area contributed by atoms with Crippen LogP contribution >= 0.6 is 0 Å². The first-order valence-corrected chi connectivity index (χ1v) is 6.47. The van der Waals surface area contributed by atoms with Crippen molar-refractivity contribution in [2.75, 3.05) is 13.6 Å². The predicted molar refractivity (Wildman–Crippen MR) is 72.9 cm³/mol. The molecule has 0 saturated carbocycles. The molecule has 3 heteroatoms. The fraction of sp³-hybridized carbons (Fsp3) is 0.643. The van der Waals surface area contributed by atoms with Gasteiger partial charge in [-0.3, -0.25) is 9.88 Å². The minimum Gasteiger partial charge on any atom is -0.313 e. The second kappa shape index (κ2) is 7.41. The van der Waals surface area contributed by atoms with Gasteiger partial charge in [0.25, 0.3) is 0 Å². The largest absolute Gasteiger partial charge is 0.313 e. The van der Waals surface area contributed by atoms with Gasteiger partial charge in [-0.05, 0) is 39.4 Å². The number of hydrogen-bond acceptors (Lipinski definition) is 3. The van der Waals surface area contributed by atoms with E-state index in [4.69, 9.17) is 0 Å². The fourth-order valence-corrected chi connectivity index (χ4v) is 1.57. The summed E-state index contributed by atoms with van der Waals surface area (Å²) in [5, 5.41) is 3.54. The molecule has 0 aliphatic rings. The van der Waals surface area contributed by atoms with Gasteiger partial charge in [0.15, 0.2) is 0 Å². The maximum absolute atomic E-state index is 4.35. The van der Waals surface area contributed by atoms with E-state index in [1.807, 2.05) is 18.3 Å². The molecule has 1 heterocycles. The van der Waals surface area contributed by atoms with E-state index in [9.17, 15) is 0 Å². The number of pyridine rings is 1. The van der Waals surface area contributed by atoms with Crippen molar-refractivity contribution in [3.8, 4) is 0 Å². The minimum atomic E-state index is 0.519. The molecule has 17 heavy (non-hydrogen) atoms. The first kappa shape index (κ1) is 14.1. The van der Waals surface area contributed by atoms with Gasteiger partial charge in [-0.2, -0.15) is 0 Å². The molecule has 1 aromatic heterocycles. The lowest BCUT2D eigenvalue weighted by atomic mass is 10.2. The molecular weight excluding hydrogens is 210 g/mol. The third kappa shape index (κ3) is 5.29. The van der Waals surface area contributed by atoms with E-state index in [1.54, 1.807) is 0 Å². The summed E-state index contributed by atoms with van der Waals surface area (Å²) in [7, 11) is 2.15. The lowest BCUT2D eigenvalue weighted by molar-refractivity contribution is 0.235. The standard InChI is InChI=1S/C14H25N3/c1-5-12(2)16-10-13(3)17(4)11-14-8-6-7-9-15-14/h6-9,12-13,16H,5,10-11H2,1-4H3. The lowest BCUT2D eigenvalue weighted by Gasteiger charge is -2.26. The molecule has 0 aliphatic carbocycles. The molecule has 0 aromatic carbocycles. The quantitative estimate of drug-likeness (QED) is 0.786. The summed E-state index contributed by atoms with van der Waals surface area (Å²) in [5.41, 5.74) is 1.13. The molecule has 0 fully saturated rings. The Morgan fingerprint density at radius 3 is 2.71 bits per heavy atom. The zero-order chi connectivity index (χ0) is 12.7. The molecule has 3 nitrogen and oxygen atoms in total. The van der Waals surface area contributed by atoms with E-state index < -0.39 is 0 Å². The summed E-state index contributed by atoms with van der Waals surface area (Å²) < 4.78 is 0. The first-order valence-electron chi connectivity index (χ1n) is 6.47. The van der Waals surface area contributed by atoms with Crippen molar-refractivity contribution < 1.29 is 0 Å². The van der Waals surface area contributed by atoms with Crippen molar-refractivity contribution in [1.29, 1.82) is 0 Å². The number of nitrogens with zero attached hydrogens (tertiary/aromatic N) is 2. The Kier molecular flexibility index (Phi) is 6.16. The summed E-state index contributed by atoms with van der Waals surface area (Å²) in [6.07, 6.45) is 3.03. The van der Waals surface area contributed by atoms with Gasteiger partial charge in [-0.1, -0.05) is 13.0 Å². The molecule has 1 rings (SSSR count). The van der Waals surface area contributed by atoms with Crippen molar-refractivity contribution >= 4 is 0 Å². The van der Waals surface area contributed by atoms with Crippen molar-refractivity contribution in [2.24, 2.45) is 0 Å². The van der Waals surface area contributed by atoms with Crippen molar-refractivity contribution in [3.63, 3.8) is 0 Å². The summed E-state index contributed by atoms with van der Waals surface area (Å²) >= 11 is 0. The van der Waals surface area contributed by atoms with Crippen LogP contribution in [0.3, 0.4) is 0 Å². The van der Waals surface area contributed by atoms with Gasteiger partial charge in [0.05, 0.1) is 5.69 Å². The second-order valence-corrected chi connectivity index (χ2v) is 4.80. The van der Waals surface area contributed by atoms with Gasteiger partial charge in [-0.15, -0.1) is 0 Å². The van der Waals surface area contributed by atoms with Gasteiger partial charge in [0, 0.05) is 31.4 Å². The van der Waals surface area contributed by atoms with Crippen molar-refractivity contribution in [1.82, 2.24) is 15.2 Å². The van der Waals surface area contributed by atoms with Crippen molar-refractivity contribution in [2.45, 2.75) is 45.8 Å². The Morgan fingerprint density at radius 2 is 2.12 bits per heavy atom. The van der Waals surface area contributed by atoms with Crippen LogP contribution in [0.15, 0.2) is 24.4 Å². The van der Waals surface area contributed by atoms with Crippen LogP contribution in [-0.2, 0) is 6.54 Å². The summed E-state index contributed by atoms with van der Waals surface area (Å²) in [4.78, 5) is 6.68. The molecule has 0 aliphatic heterocycles. The predicted octanol–water partition coefficient (Wildman–Crippen LogP) is 2.29. The summed E-state index contributed by atoms with van der Waals surface area (Å²) in [6.45, 7) is 8.62. The molecule has 2 atom stereocenters. The number of aromatic nitrogens is 1. The molecule has 0 radical (unpaired) electrons. The van der Waals surface area contributed by atoms with Crippen LogP contribution in [0.4, 0.5) is 0 Å². The molecule has 1 aromatic rings. The molecule has 0 amide bonds. The van der Waals surface area contributed by atoms with E-state index in [-0.39, 0.29) is 0 Å². The van der Waals surface area contributed by atoms with Gasteiger partial charge in [0.1, 0.15) is 0 Å². The second-order valence-electron chi connectivity index (χ2n) is 4.80. The topological polar surface area (TPSA) is 28.2 Å². The van der Waals surface area contributed by atoms with E-state index in [0.717, 1.165) is 18.8 Å². The van der Waals surface area contributed by atoms with Crippen LogP contribution in [0.25, 0.3) is 0 Å². The number of rotatable bonds is 7. The summed E-state index contributed by atoms with van der Waals surface area (Å²) in [5.74, 6) is 0. The smallest absolute Gasteiger partial charge is 0.0543 e. The highest BCUT2D eigenvalue weighted by atomic mass is 15.1. The number of likely N-dealkylation sites (N-methyl/N-ethyl adjacent to an activating group) is 1. The zero-order valence-corrected chi connectivity index (χ0v) is 11.5. The molecule has 96 valence electrons. The van der Waals surface area contributed by atoms with E-state index in [2.05, 4.69) is 49.1 Å². The Labute approximate surface area is 105 Å². The third-order valence-corrected chi connectivity index (χ3v) is 3.26. The van der Waals surface area contributed by atoms with Crippen molar-refractivity contribution in [3.05, 3.63) is 30.1 Å². The highest BCUT2D eigenvalue weighted by Crippen LogP contribution is 2.03.